The van der Waals surface area contributed by atoms with E-state index >= 15 is 0 Å². The Hall–Kier alpha value is -2.66. The number of carboxylic acid groups (broad SMARTS) is 1. The second-order valence-electron chi connectivity index (χ2n) is 7.92. The summed E-state index contributed by atoms with van der Waals surface area (Å²) < 4.78 is 12.9. The number of fused-ring (bicyclic) bond motifs is 1. The maximum atomic E-state index is 12.3. The molecule has 0 unspecified atom stereocenters. The average molecular weight is 437 g/mol. The Bertz CT molecular complexity index is 919. The van der Waals surface area contributed by atoms with E-state index in [1.807, 2.05) is 4.90 Å². The topological polar surface area (TPSA) is 149 Å². The van der Waals surface area contributed by atoms with E-state index in [4.69, 9.17) is 20.3 Å². The van der Waals surface area contributed by atoms with Gasteiger partial charge in [-0.05, 0) is 44.7 Å². The van der Waals surface area contributed by atoms with Crippen molar-refractivity contribution < 1.29 is 19.4 Å². The Morgan fingerprint density at radius 2 is 2.03 bits per heavy atom. The summed E-state index contributed by atoms with van der Waals surface area (Å²) in [6.07, 6.45) is 4.41. The minimum atomic E-state index is -0.783. The number of likely N-dealkylation sites (tertiary alicyclic amines) is 1. The molecule has 11 heteroatoms. The van der Waals surface area contributed by atoms with Crippen LogP contribution < -0.4 is 16.2 Å². The van der Waals surface area contributed by atoms with E-state index in [2.05, 4.69) is 21.9 Å². The normalized spacial score (nSPS) is 15.5. The molecule has 4 N–H and O–H groups in total. The fourth-order valence-corrected chi connectivity index (χ4v) is 3.69. The number of hydrogen-bond donors (Lipinski definition) is 3. The number of piperidine rings is 1. The molecule has 1 fully saturated rings. The Labute approximate surface area is 180 Å². The summed E-state index contributed by atoms with van der Waals surface area (Å²) in [5, 5.41) is 8.86. The van der Waals surface area contributed by atoms with Crippen LogP contribution in [0, 0.1) is 5.92 Å². The van der Waals surface area contributed by atoms with Crippen LogP contribution in [0.2, 0.25) is 0 Å². The van der Waals surface area contributed by atoms with Crippen molar-refractivity contribution in [2.24, 2.45) is 5.92 Å². The fourth-order valence-electron chi connectivity index (χ4n) is 3.69. The van der Waals surface area contributed by atoms with E-state index in [0.717, 1.165) is 38.8 Å². The molecule has 31 heavy (non-hydrogen) atoms. The number of nitrogens with zero attached hydrogens (tertiary/aromatic N) is 4. The third-order valence-electron chi connectivity index (χ3n) is 5.45. The molecule has 0 saturated carbocycles. The first-order valence-corrected chi connectivity index (χ1v) is 10.9. The lowest BCUT2D eigenvalue weighted by Crippen LogP contribution is -2.38. The Morgan fingerprint density at radius 3 is 2.74 bits per heavy atom. The standard InChI is InChI=1S/C20H32N6O5/c1-2-3-11-31-19-23-17(21)16-18(24-19)26(20(29)22-16)7-4-10-30-13-14-5-8-25(9-6-14)12-15(27)28/h14H,2-13H2,1H3,(H,22,29)(H,27,28)(H2,21,23,24). The van der Waals surface area contributed by atoms with Crippen molar-refractivity contribution in [2.75, 3.05) is 45.2 Å². The number of aryl methyl sites for hydroxylation is 1. The van der Waals surface area contributed by atoms with Crippen LogP contribution in [0.5, 0.6) is 6.01 Å². The molecule has 1 saturated heterocycles. The number of anilines is 1. The number of hydrogen-bond acceptors (Lipinski definition) is 8. The number of imidazole rings is 1. The lowest BCUT2D eigenvalue weighted by molar-refractivity contribution is -0.138. The van der Waals surface area contributed by atoms with Crippen LogP contribution in [0.1, 0.15) is 39.0 Å². The van der Waals surface area contributed by atoms with Gasteiger partial charge in [-0.3, -0.25) is 14.3 Å². The third-order valence-corrected chi connectivity index (χ3v) is 5.45. The van der Waals surface area contributed by atoms with Gasteiger partial charge >= 0.3 is 17.7 Å². The van der Waals surface area contributed by atoms with Gasteiger partial charge in [0.15, 0.2) is 11.5 Å². The Morgan fingerprint density at radius 1 is 1.26 bits per heavy atom. The van der Waals surface area contributed by atoms with E-state index < -0.39 is 5.97 Å². The van der Waals surface area contributed by atoms with Crippen LogP contribution in [0.4, 0.5) is 5.82 Å². The van der Waals surface area contributed by atoms with Crippen molar-refractivity contribution in [3.8, 4) is 6.01 Å². The molecule has 1 aliphatic rings. The maximum Gasteiger partial charge on any atom is 0.327 e. The number of nitrogen functional groups attached to an aromatic ring is 1. The van der Waals surface area contributed by atoms with Crippen LogP contribution in [0.25, 0.3) is 11.2 Å². The molecular weight excluding hydrogens is 404 g/mol. The van der Waals surface area contributed by atoms with Crippen LogP contribution in [-0.4, -0.2) is 74.9 Å². The minimum Gasteiger partial charge on any atom is -0.480 e. The van der Waals surface area contributed by atoms with Crippen molar-refractivity contribution in [3.63, 3.8) is 0 Å². The zero-order valence-corrected chi connectivity index (χ0v) is 18.0. The van der Waals surface area contributed by atoms with Gasteiger partial charge in [0.2, 0.25) is 0 Å². The number of unbranched alkanes of at least 4 members (excludes halogenated alkanes) is 1. The quantitative estimate of drug-likeness (QED) is 0.416. The van der Waals surface area contributed by atoms with E-state index in [-0.39, 0.29) is 24.1 Å². The summed E-state index contributed by atoms with van der Waals surface area (Å²) in [7, 11) is 0. The molecule has 0 spiro atoms. The number of aromatic amines is 1. The van der Waals surface area contributed by atoms with E-state index in [0.29, 0.717) is 49.9 Å². The fraction of sp³-hybridized carbons (Fsp3) is 0.700. The molecule has 0 atom stereocenters. The summed E-state index contributed by atoms with van der Waals surface area (Å²) in [6, 6.07) is 0.177. The molecule has 0 aliphatic carbocycles. The third kappa shape index (κ3) is 6.41. The van der Waals surface area contributed by atoms with Crippen molar-refractivity contribution >= 4 is 23.0 Å². The van der Waals surface area contributed by atoms with Gasteiger partial charge in [0, 0.05) is 19.8 Å². The van der Waals surface area contributed by atoms with Gasteiger partial charge in [0.1, 0.15) is 5.52 Å². The molecule has 0 bridgehead atoms. The number of ether oxygens (including phenoxy) is 2. The second-order valence-corrected chi connectivity index (χ2v) is 7.92. The summed E-state index contributed by atoms with van der Waals surface area (Å²) >= 11 is 0. The number of rotatable bonds is 12. The van der Waals surface area contributed by atoms with Crippen molar-refractivity contribution in [1.29, 1.82) is 0 Å². The molecule has 0 amide bonds. The number of aliphatic carboxylic acids is 1. The lowest BCUT2D eigenvalue weighted by Gasteiger charge is -2.30. The highest BCUT2D eigenvalue weighted by Gasteiger charge is 2.20. The van der Waals surface area contributed by atoms with Gasteiger partial charge in [-0.1, -0.05) is 13.3 Å². The van der Waals surface area contributed by atoms with E-state index in [9.17, 15) is 9.59 Å². The van der Waals surface area contributed by atoms with Crippen molar-refractivity contribution in [1.82, 2.24) is 24.4 Å². The summed E-state index contributed by atoms with van der Waals surface area (Å²) in [4.78, 5) is 36.3. The zero-order valence-electron chi connectivity index (χ0n) is 18.0. The number of carboxylic acids is 1. The highest BCUT2D eigenvalue weighted by Crippen LogP contribution is 2.19. The average Bonchev–Trinajstić information content (AvgIpc) is 3.05. The predicted octanol–water partition coefficient (Wildman–Crippen LogP) is 1.08. The molecule has 0 radical (unpaired) electrons. The number of carbonyl (C=O) groups is 1. The van der Waals surface area contributed by atoms with Gasteiger partial charge in [-0.25, -0.2) is 4.79 Å². The zero-order chi connectivity index (χ0) is 22.2. The van der Waals surface area contributed by atoms with Crippen molar-refractivity contribution in [2.45, 2.75) is 45.6 Å². The second kappa shape index (κ2) is 11.1. The minimum absolute atomic E-state index is 0.104. The molecule has 1 aliphatic heterocycles. The molecule has 2 aromatic rings. The Kier molecular flexibility index (Phi) is 8.24. The maximum absolute atomic E-state index is 12.3. The lowest BCUT2D eigenvalue weighted by atomic mass is 9.98. The largest absolute Gasteiger partial charge is 0.480 e. The monoisotopic (exact) mass is 436 g/mol. The first kappa shape index (κ1) is 23.0. The first-order valence-electron chi connectivity index (χ1n) is 10.9. The molecule has 2 aromatic heterocycles. The number of aromatic nitrogens is 4. The smallest absolute Gasteiger partial charge is 0.327 e. The van der Waals surface area contributed by atoms with Crippen LogP contribution in [0.15, 0.2) is 4.79 Å². The number of nitrogens with two attached hydrogens (primary N) is 1. The highest BCUT2D eigenvalue weighted by molar-refractivity contribution is 5.81. The van der Waals surface area contributed by atoms with Gasteiger partial charge in [-0.15, -0.1) is 0 Å². The predicted molar refractivity (Wildman–Crippen MR) is 115 cm³/mol. The van der Waals surface area contributed by atoms with Crippen LogP contribution in [-0.2, 0) is 16.1 Å². The highest BCUT2D eigenvalue weighted by atomic mass is 16.5. The van der Waals surface area contributed by atoms with E-state index in [1.165, 1.54) is 4.57 Å². The molecular formula is C20H32N6O5. The van der Waals surface area contributed by atoms with Crippen LogP contribution in [0.3, 0.4) is 0 Å². The molecule has 3 rings (SSSR count). The van der Waals surface area contributed by atoms with Gasteiger partial charge in [0.05, 0.1) is 13.2 Å². The van der Waals surface area contributed by atoms with Crippen molar-refractivity contribution in [3.05, 3.63) is 10.5 Å². The molecule has 11 nitrogen and oxygen atoms in total. The molecule has 0 aromatic carbocycles. The van der Waals surface area contributed by atoms with Gasteiger partial charge in [-0.2, -0.15) is 9.97 Å². The number of nitrogens with one attached hydrogen (secondary N) is 1. The summed E-state index contributed by atoms with van der Waals surface area (Å²) in [6.45, 7) is 5.86. The van der Waals surface area contributed by atoms with Gasteiger partial charge in [0.25, 0.3) is 0 Å². The SMILES string of the molecule is CCCCOc1nc(N)c2[nH]c(=O)n(CCCOCC3CCN(CC(=O)O)CC3)c2n1. The molecule has 172 valence electrons. The Balaban J connectivity index is 1.47. The summed E-state index contributed by atoms with van der Waals surface area (Å²) in [5.41, 5.74) is 6.54. The van der Waals surface area contributed by atoms with Gasteiger partial charge < -0.3 is 25.3 Å². The van der Waals surface area contributed by atoms with Crippen LogP contribution >= 0.6 is 0 Å². The molecule has 3 heterocycles. The summed E-state index contributed by atoms with van der Waals surface area (Å²) in [5.74, 6) is -0.150. The first-order chi connectivity index (χ1) is 15.0. The van der Waals surface area contributed by atoms with E-state index in [1.54, 1.807) is 0 Å². The number of H-pyrrole nitrogens is 1.